The predicted octanol–water partition coefficient (Wildman–Crippen LogP) is 2.56. The molecule has 0 aliphatic rings. The number of benzene rings is 1. The molecule has 6 heteroatoms. The molecule has 1 aromatic heterocycles. The number of aromatic carboxylic acids is 1. The molecule has 2 aromatic rings. The van der Waals surface area contributed by atoms with Gasteiger partial charge in [0.1, 0.15) is 5.56 Å². The van der Waals surface area contributed by atoms with Crippen molar-refractivity contribution in [1.29, 1.82) is 0 Å². The molecule has 20 heavy (non-hydrogen) atoms. The van der Waals surface area contributed by atoms with Crippen LogP contribution in [0.25, 0.3) is 10.9 Å². The summed E-state index contributed by atoms with van der Waals surface area (Å²) in [6, 6.07) is 5.25. The lowest BCUT2D eigenvalue weighted by Gasteiger charge is -2.15. The zero-order chi connectivity index (χ0) is 14.7. The largest absolute Gasteiger partial charge is 0.478 e. The van der Waals surface area contributed by atoms with E-state index in [4.69, 9.17) is 11.6 Å². The number of pyridine rings is 1. The first-order chi connectivity index (χ1) is 9.49. The van der Waals surface area contributed by atoms with E-state index < -0.39 is 5.97 Å². The lowest BCUT2D eigenvalue weighted by molar-refractivity contribution is 0.0697. The number of hydrogen-bond donors (Lipinski definition) is 2. The van der Waals surface area contributed by atoms with Gasteiger partial charge < -0.3 is 15.3 Å². The zero-order valence-corrected chi connectivity index (χ0v) is 12.1. The van der Waals surface area contributed by atoms with Crippen LogP contribution in [-0.4, -0.2) is 48.1 Å². The molecule has 5 nitrogen and oxygen atoms in total. The van der Waals surface area contributed by atoms with E-state index >= 15 is 0 Å². The third-order valence-electron chi connectivity index (χ3n) is 2.92. The fourth-order valence-corrected chi connectivity index (χ4v) is 2.09. The van der Waals surface area contributed by atoms with Gasteiger partial charge in [0.15, 0.2) is 0 Å². The van der Waals surface area contributed by atoms with Crippen LogP contribution in [-0.2, 0) is 0 Å². The van der Waals surface area contributed by atoms with Crippen molar-refractivity contribution in [2.45, 2.75) is 0 Å². The second kappa shape index (κ2) is 6.07. The zero-order valence-electron chi connectivity index (χ0n) is 11.4. The molecular weight excluding hydrogens is 278 g/mol. The summed E-state index contributed by atoms with van der Waals surface area (Å²) >= 11 is 6.00. The molecule has 0 amide bonds. The molecule has 2 rings (SSSR count). The Balaban J connectivity index is 2.47. The molecule has 0 saturated carbocycles. The molecule has 0 fully saturated rings. The number of likely N-dealkylation sites (N-methyl/N-ethyl adjacent to an activating group) is 1. The quantitative estimate of drug-likeness (QED) is 0.887. The van der Waals surface area contributed by atoms with E-state index in [1.165, 1.54) is 6.20 Å². The van der Waals surface area contributed by atoms with Crippen molar-refractivity contribution in [2.24, 2.45) is 0 Å². The topological polar surface area (TPSA) is 65.5 Å². The fourth-order valence-electron chi connectivity index (χ4n) is 1.92. The second-order valence-corrected chi connectivity index (χ2v) is 5.18. The molecular formula is C14H16ClN3O2. The van der Waals surface area contributed by atoms with Crippen LogP contribution in [0.3, 0.4) is 0 Å². The number of carbonyl (C=O) groups is 1. The average Bonchev–Trinajstić information content (AvgIpc) is 2.38. The fraction of sp³-hybridized carbons (Fsp3) is 0.286. The van der Waals surface area contributed by atoms with Crippen molar-refractivity contribution in [1.82, 2.24) is 9.88 Å². The summed E-state index contributed by atoms with van der Waals surface area (Å²) < 4.78 is 0. The molecule has 0 spiro atoms. The van der Waals surface area contributed by atoms with E-state index in [2.05, 4.69) is 10.3 Å². The summed E-state index contributed by atoms with van der Waals surface area (Å²) in [5, 5.41) is 13.7. The number of fused-ring (bicyclic) bond motifs is 1. The third-order valence-corrected chi connectivity index (χ3v) is 3.16. The normalized spacial score (nSPS) is 11.0. The maximum Gasteiger partial charge on any atom is 0.339 e. The molecule has 0 radical (unpaired) electrons. The summed E-state index contributed by atoms with van der Waals surface area (Å²) in [7, 11) is 3.92. The summed E-state index contributed by atoms with van der Waals surface area (Å²) in [6.07, 6.45) is 1.37. The Labute approximate surface area is 122 Å². The van der Waals surface area contributed by atoms with Crippen LogP contribution in [0.5, 0.6) is 0 Å². The highest BCUT2D eigenvalue weighted by atomic mass is 35.5. The van der Waals surface area contributed by atoms with Crippen molar-refractivity contribution < 1.29 is 9.90 Å². The Bertz CT molecular complexity index is 644. The average molecular weight is 294 g/mol. The Hall–Kier alpha value is -1.85. The molecule has 0 saturated heterocycles. The molecule has 106 valence electrons. The van der Waals surface area contributed by atoms with Gasteiger partial charge in [0.2, 0.25) is 0 Å². The lowest BCUT2D eigenvalue weighted by atomic mass is 10.1. The van der Waals surface area contributed by atoms with Gasteiger partial charge in [0.25, 0.3) is 0 Å². The number of hydrogen-bond acceptors (Lipinski definition) is 4. The van der Waals surface area contributed by atoms with Crippen molar-refractivity contribution in [3.05, 3.63) is 35.0 Å². The number of anilines is 1. The smallest absolute Gasteiger partial charge is 0.339 e. The Morgan fingerprint density at radius 3 is 2.85 bits per heavy atom. The number of rotatable bonds is 5. The maximum absolute atomic E-state index is 11.3. The minimum atomic E-state index is -1.01. The number of aromatic nitrogens is 1. The van der Waals surface area contributed by atoms with Gasteiger partial charge in [-0.25, -0.2) is 4.79 Å². The Morgan fingerprint density at radius 2 is 2.20 bits per heavy atom. The first kappa shape index (κ1) is 14.6. The van der Waals surface area contributed by atoms with E-state index in [-0.39, 0.29) is 5.56 Å². The number of nitrogens with zero attached hydrogens (tertiary/aromatic N) is 2. The van der Waals surface area contributed by atoms with Gasteiger partial charge in [-0.05, 0) is 32.3 Å². The van der Waals surface area contributed by atoms with Gasteiger partial charge in [0, 0.05) is 29.7 Å². The van der Waals surface area contributed by atoms with Crippen LogP contribution < -0.4 is 5.32 Å². The SMILES string of the molecule is CN(C)CCNc1c(C(=O)O)cnc2ccc(Cl)cc12. The van der Waals surface area contributed by atoms with Crippen LogP contribution in [0.15, 0.2) is 24.4 Å². The summed E-state index contributed by atoms with van der Waals surface area (Å²) in [5.74, 6) is -1.01. The van der Waals surface area contributed by atoms with Crippen molar-refractivity contribution in [3.8, 4) is 0 Å². The number of nitrogens with one attached hydrogen (secondary N) is 1. The first-order valence-corrected chi connectivity index (χ1v) is 6.57. The van der Waals surface area contributed by atoms with Crippen LogP contribution in [0, 0.1) is 0 Å². The van der Waals surface area contributed by atoms with Crippen LogP contribution >= 0.6 is 11.6 Å². The van der Waals surface area contributed by atoms with Crippen LogP contribution in [0.4, 0.5) is 5.69 Å². The summed E-state index contributed by atoms with van der Waals surface area (Å²) in [5.41, 5.74) is 1.43. The molecule has 0 unspecified atom stereocenters. The molecule has 1 aromatic carbocycles. The minimum absolute atomic E-state index is 0.151. The number of carboxylic acid groups (broad SMARTS) is 1. The molecule has 2 N–H and O–H groups in total. The monoisotopic (exact) mass is 293 g/mol. The first-order valence-electron chi connectivity index (χ1n) is 6.19. The van der Waals surface area contributed by atoms with Gasteiger partial charge in [-0.1, -0.05) is 11.6 Å². The lowest BCUT2D eigenvalue weighted by Crippen LogP contribution is -2.21. The molecule has 0 aliphatic heterocycles. The van der Waals surface area contributed by atoms with Gasteiger partial charge in [-0.2, -0.15) is 0 Å². The van der Waals surface area contributed by atoms with Gasteiger partial charge in [-0.3, -0.25) is 4.98 Å². The molecule has 1 heterocycles. The highest BCUT2D eigenvalue weighted by Gasteiger charge is 2.14. The summed E-state index contributed by atoms with van der Waals surface area (Å²) in [6.45, 7) is 1.43. The van der Waals surface area contributed by atoms with E-state index in [1.807, 2.05) is 19.0 Å². The highest BCUT2D eigenvalue weighted by Crippen LogP contribution is 2.28. The van der Waals surface area contributed by atoms with Crippen molar-refractivity contribution in [3.63, 3.8) is 0 Å². The highest BCUT2D eigenvalue weighted by molar-refractivity contribution is 6.31. The molecule has 0 atom stereocenters. The predicted molar refractivity (Wildman–Crippen MR) is 80.8 cm³/mol. The van der Waals surface area contributed by atoms with Crippen molar-refractivity contribution >= 4 is 34.2 Å². The third kappa shape index (κ3) is 3.18. The number of halogens is 1. The minimum Gasteiger partial charge on any atom is -0.478 e. The maximum atomic E-state index is 11.3. The number of carboxylic acids is 1. The summed E-state index contributed by atoms with van der Waals surface area (Å²) in [4.78, 5) is 17.5. The van der Waals surface area contributed by atoms with E-state index in [9.17, 15) is 9.90 Å². The van der Waals surface area contributed by atoms with Crippen LogP contribution in [0.2, 0.25) is 5.02 Å². The standard InChI is InChI=1S/C14H16ClN3O2/c1-18(2)6-5-16-13-10-7-9(15)3-4-12(10)17-8-11(13)14(19)20/h3-4,7-8H,5-6H2,1-2H3,(H,16,17)(H,19,20). The van der Waals surface area contributed by atoms with Gasteiger partial charge in [-0.15, -0.1) is 0 Å². The van der Waals surface area contributed by atoms with Crippen LogP contribution in [0.1, 0.15) is 10.4 Å². The Kier molecular flexibility index (Phi) is 4.42. The Morgan fingerprint density at radius 1 is 1.45 bits per heavy atom. The van der Waals surface area contributed by atoms with E-state index in [0.717, 1.165) is 11.9 Å². The van der Waals surface area contributed by atoms with E-state index in [0.29, 0.717) is 22.8 Å². The van der Waals surface area contributed by atoms with E-state index in [1.54, 1.807) is 18.2 Å². The molecule has 0 aliphatic carbocycles. The van der Waals surface area contributed by atoms with Gasteiger partial charge in [0.05, 0.1) is 11.2 Å². The van der Waals surface area contributed by atoms with Crippen molar-refractivity contribution in [2.75, 3.05) is 32.5 Å². The van der Waals surface area contributed by atoms with Gasteiger partial charge >= 0.3 is 5.97 Å². The molecule has 0 bridgehead atoms. The second-order valence-electron chi connectivity index (χ2n) is 4.74.